The first kappa shape index (κ1) is 20.4. The predicted molar refractivity (Wildman–Crippen MR) is 104 cm³/mol. The van der Waals surface area contributed by atoms with Crippen LogP contribution in [-0.2, 0) is 16.0 Å². The van der Waals surface area contributed by atoms with Gasteiger partial charge in [0.1, 0.15) is 28.3 Å². The lowest BCUT2D eigenvalue weighted by molar-refractivity contribution is -0.00886. The van der Waals surface area contributed by atoms with Crippen LogP contribution in [0.15, 0.2) is 16.9 Å². The van der Waals surface area contributed by atoms with Gasteiger partial charge in [0.05, 0.1) is 12.0 Å². The van der Waals surface area contributed by atoms with Crippen molar-refractivity contribution in [2.24, 2.45) is 0 Å². The minimum absolute atomic E-state index is 0.0769. The number of pyridine rings is 2. The highest BCUT2D eigenvalue weighted by atomic mass is 16.5. The maximum absolute atomic E-state index is 12.7. The van der Waals surface area contributed by atoms with Gasteiger partial charge in [0.25, 0.3) is 5.91 Å². The molecule has 0 aliphatic rings. The second-order valence-corrected chi connectivity index (χ2v) is 6.10. The van der Waals surface area contributed by atoms with Crippen molar-refractivity contribution in [3.8, 4) is 11.8 Å². The molecule has 1 atom stereocenters. The molecule has 0 spiro atoms. The molecule has 0 aromatic carbocycles. The van der Waals surface area contributed by atoms with Crippen LogP contribution in [0.4, 0.5) is 5.82 Å². The van der Waals surface area contributed by atoms with Gasteiger partial charge >= 0.3 is 0 Å². The first-order chi connectivity index (χ1) is 12.8. The van der Waals surface area contributed by atoms with Crippen LogP contribution >= 0.6 is 0 Å². The van der Waals surface area contributed by atoms with Gasteiger partial charge in [-0.1, -0.05) is 5.92 Å². The van der Waals surface area contributed by atoms with Crippen molar-refractivity contribution < 1.29 is 14.3 Å². The van der Waals surface area contributed by atoms with Crippen LogP contribution in [0.2, 0.25) is 0 Å². The van der Waals surface area contributed by atoms with Crippen LogP contribution in [0.3, 0.4) is 0 Å². The number of hydrogen-bond acceptors (Lipinski definition) is 6. The third-order valence-corrected chi connectivity index (χ3v) is 4.25. The van der Waals surface area contributed by atoms with E-state index >= 15 is 0 Å². The minimum Gasteiger partial charge on any atom is -0.384 e. The van der Waals surface area contributed by atoms with E-state index in [4.69, 9.17) is 15.2 Å². The molecule has 0 aliphatic carbocycles. The first-order valence-corrected chi connectivity index (χ1v) is 8.44. The van der Waals surface area contributed by atoms with Gasteiger partial charge in [-0.25, -0.2) is 4.98 Å². The van der Waals surface area contributed by atoms with Crippen LogP contribution in [0, 0.1) is 11.8 Å². The Morgan fingerprint density at radius 3 is 2.67 bits per heavy atom. The average molecular weight is 372 g/mol. The Morgan fingerprint density at radius 2 is 2.11 bits per heavy atom. The van der Waals surface area contributed by atoms with E-state index in [-0.39, 0.29) is 11.4 Å². The van der Waals surface area contributed by atoms with Crippen LogP contribution in [0.5, 0.6) is 0 Å². The molecule has 2 aromatic heterocycles. The fourth-order valence-electron chi connectivity index (χ4n) is 2.68. The fourth-order valence-corrected chi connectivity index (χ4v) is 2.68. The lowest BCUT2D eigenvalue weighted by Gasteiger charge is -2.20. The molecule has 0 radical (unpaired) electrons. The zero-order chi connectivity index (χ0) is 20.2. The Bertz CT molecular complexity index is 987. The van der Waals surface area contributed by atoms with Gasteiger partial charge in [-0.3, -0.25) is 9.59 Å². The smallest absolute Gasteiger partial charge is 0.258 e. The molecule has 1 unspecified atom stereocenters. The molecule has 0 aliphatic heterocycles. The Hall–Kier alpha value is -2.89. The van der Waals surface area contributed by atoms with Gasteiger partial charge in [0, 0.05) is 27.8 Å². The number of nitrogen functional groups attached to an aromatic ring is 1. The van der Waals surface area contributed by atoms with Crippen molar-refractivity contribution in [3.63, 3.8) is 0 Å². The van der Waals surface area contributed by atoms with Gasteiger partial charge in [0.15, 0.2) is 0 Å². The van der Waals surface area contributed by atoms with Crippen molar-refractivity contribution in [3.05, 3.63) is 33.6 Å². The number of nitrogens with one attached hydrogen (secondary N) is 1. The molecular weight excluding hydrogens is 348 g/mol. The number of methoxy groups -OCH3 is 2. The first-order valence-electron chi connectivity index (χ1n) is 8.44. The molecule has 0 saturated carbocycles. The predicted octanol–water partition coefficient (Wildman–Crippen LogP) is 0.761. The second-order valence-electron chi connectivity index (χ2n) is 6.10. The van der Waals surface area contributed by atoms with Crippen molar-refractivity contribution >= 4 is 22.8 Å². The zero-order valence-corrected chi connectivity index (χ0v) is 16.2. The molecule has 0 saturated heterocycles. The summed E-state index contributed by atoms with van der Waals surface area (Å²) in [5, 5.41) is 2.75. The fraction of sp³-hybridized carbons (Fsp3) is 0.421. The molecule has 2 rings (SSSR count). The Kier molecular flexibility index (Phi) is 6.20. The number of aromatic nitrogens is 2. The van der Waals surface area contributed by atoms with Crippen molar-refractivity contribution in [1.82, 2.24) is 14.9 Å². The van der Waals surface area contributed by atoms with Crippen molar-refractivity contribution in [1.29, 1.82) is 0 Å². The second kappa shape index (κ2) is 8.20. The number of carbonyl (C=O) groups excluding carboxylic acids is 1. The molecule has 8 nitrogen and oxygen atoms in total. The van der Waals surface area contributed by atoms with Crippen LogP contribution in [0.25, 0.3) is 11.0 Å². The highest BCUT2D eigenvalue weighted by Crippen LogP contribution is 2.18. The number of nitrogens with two attached hydrogens (primary N) is 1. The molecule has 2 heterocycles. The average Bonchev–Trinajstić information content (AvgIpc) is 2.66. The van der Waals surface area contributed by atoms with Crippen LogP contribution in [0.1, 0.15) is 29.9 Å². The lowest BCUT2D eigenvalue weighted by Crippen LogP contribution is -2.31. The molecule has 2 aromatic rings. The zero-order valence-electron chi connectivity index (χ0n) is 16.2. The molecule has 0 bridgehead atoms. The van der Waals surface area contributed by atoms with E-state index in [1.54, 1.807) is 37.8 Å². The maximum atomic E-state index is 12.7. The summed E-state index contributed by atoms with van der Waals surface area (Å²) in [6, 6.07) is 3.23. The summed E-state index contributed by atoms with van der Waals surface area (Å²) in [6.07, 6.45) is 0. The Morgan fingerprint density at radius 1 is 1.41 bits per heavy atom. The monoisotopic (exact) mass is 372 g/mol. The Labute approximate surface area is 157 Å². The number of aryl methyl sites for hydroxylation is 1. The van der Waals surface area contributed by atoms with E-state index in [2.05, 4.69) is 22.1 Å². The minimum atomic E-state index is -0.780. The van der Waals surface area contributed by atoms with E-state index in [0.717, 1.165) is 0 Å². The van der Waals surface area contributed by atoms with Gasteiger partial charge in [-0.2, -0.15) is 0 Å². The van der Waals surface area contributed by atoms with Crippen molar-refractivity contribution in [2.45, 2.75) is 26.0 Å². The lowest BCUT2D eigenvalue weighted by atomic mass is 10.1. The molecular formula is C19H24N4O4. The highest BCUT2D eigenvalue weighted by Gasteiger charge is 2.21. The van der Waals surface area contributed by atoms with Gasteiger partial charge in [-0.05, 0) is 31.9 Å². The molecule has 8 heteroatoms. The number of nitrogens with zero attached hydrogens (tertiary/aromatic N) is 2. The quantitative estimate of drug-likeness (QED) is 0.750. The number of carbonyl (C=O) groups is 1. The van der Waals surface area contributed by atoms with E-state index in [1.165, 1.54) is 7.05 Å². The summed E-state index contributed by atoms with van der Waals surface area (Å²) in [7, 11) is 4.57. The molecule has 3 N–H and O–H groups in total. The van der Waals surface area contributed by atoms with Crippen LogP contribution < -0.4 is 16.5 Å². The van der Waals surface area contributed by atoms with E-state index < -0.39 is 16.9 Å². The summed E-state index contributed by atoms with van der Waals surface area (Å²) in [5.41, 5.74) is 5.59. The van der Waals surface area contributed by atoms with Gasteiger partial charge < -0.3 is 25.1 Å². The number of hydrogen-bond donors (Lipinski definition) is 2. The standard InChI is InChI=1S/C19H24N4O4/c1-6-23-16(20)14(18(25)21-3)15(24)13-8-7-12(22-17(13)23)9-10-19(2,27-5)11-26-4/h7-8H,6,11,20H2,1-5H3,(H,21,25). The number of amides is 1. The summed E-state index contributed by atoms with van der Waals surface area (Å²) in [5.74, 6) is 5.49. The summed E-state index contributed by atoms with van der Waals surface area (Å²) < 4.78 is 12.1. The summed E-state index contributed by atoms with van der Waals surface area (Å²) >= 11 is 0. The number of fused-ring (bicyclic) bond motifs is 1. The number of anilines is 1. The van der Waals surface area contributed by atoms with E-state index in [9.17, 15) is 9.59 Å². The number of ether oxygens (including phenoxy) is 2. The normalized spacial score (nSPS) is 12.9. The van der Waals surface area contributed by atoms with Gasteiger partial charge in [-0.15, -0.1) is 0 Å². The summed E-state index contributed by atoms with van der Waals surface area (Å²) in [6.45, 7) is 4.40. The molecule has 144 valence electrons. The summed E-state index contributed by atoms with van der Waals surface area (Å²) in [4.78, 5) is 29.3. The third kappa shape index (κ3) is 3.94. The van der Waals surface area contributed by atoms with E-state index in [0.29, 0.717) is 29.9 Å². The largest absolute Gasteiger partial charge is 0.384 e. The van der Waals surface area contributed by atoms with Crippen LogP contribution in [-0.4, -0.2) is 48.9 Å². The third-order valence-electron chi connectivity index (χ3n) is 4.25. The highest BCUT2D eigenvalue weighted by molar-refractivity contribution is 6.01. The Balaban J connectivity index is 2.68. The molecule has 0 fully saturated rings. The van der Waals surface area contributed by atoms with Gasteiger partial charge in [0.2, 0.25) is 5.43 Å². The SMILES string of the molecule is CCn1c(N)c(C(=O)NC)c(=O)c2ccc(C#CC(C)(COC)OC)nc21. The number of rotatable bonds is 5. The topological polar surface area (TPSA) is 108 Å². The molecule has 27 heavy (non-hydrogen) atoms. The van der Waals surface area contributed by atoms with Crippen molar-refractivity contribution in [2.75, 3.05) is 33.6 Å². The maximum Gasteiger partial charge on any atom is 0.258 e. The van der Waals surface area contributed by atoms with E-state index in [1.807, 2.05) is 6.92 Å². The molecule has 1 amide bonds.